The van der Waals surface area contributed by atoms with Gasteiger partial charge in [0.05, 0.1) is 19.5 Å². The van der Waals surface area contributed by atoms with Crippen LogP contribution in [0.25, 0.3) is 11.2 Å². The SMILES string of the molecule is CC(OCCCl)O[C@@H]1[C@H](O)[C@@H](CO)O[C@H]1n1cnc2c(NC(=O)c3ccccc3)ncnc21. The lowest BCUT2D eigenvalue weighted by Gasteiger charge is -2.25. The number of anilines is 1. The average Bonchev–Trinajstić information content (AvgIpc) is 3.40. The summed E-state index contributed by atoms with van der Waals surface area (Å²) in [6.45, 7) is 1.54. The third-order valence-corrected chi connectivity index (χ3v) is 5.33. The minimum absolute atomic E-state index is 0.223. The normalized spacial score (nSPS) is 23.6. The van der Waals surface area contributed by atoms with Crippen molar-refractivity contribution in [3.05, 3.63) is 48.5 Å². The van der Waals surface area contributed by atoms with Crippen molar-refractivity contribution in [3.63, 3.8) is 0 Å². The first kappa shape index (κ1) is 23.5. The fraction of sp³-hybridized carbons (Fsp3) is 0.429. The number of aliphatic hydroxyl groups is 2. The zero-order valence-corrected chi connectivity index (χ0v) is 18.5. The summed E-state index contributed by atoms with van der Waals surface area (Å²) in [5, 5.41) is 23.0. The van der Waals surface area contributed by atoms with Crippen molar-refractivity contribution in [1.82, 2.24) is 19.5 Å². The highest BCUT2D eigenvalue weighted by atomic mass is 35.5. The molecule has 1 aliphatic rings. The van der Waals surface area contributed by atoms with E-state index in [0.717, 1.165) is 0 Å². The number of halogens is 1. The van der Waals surface area contributed by atoms with Crippen molar-refractivity contribution < 1.29 is 29.2 Å². The van der Waals surface area contributed by atoms with Gasteiger partial charge in [0.25, 0.3) is 5.91 Å². The number of alkyl halides is 1. The Hall–Kier alpha value is -2.67. The predicted molar refractivity (Wildman–Crippen MR) is 118 cm³/mol. The van der Waals surface area contributed by atoms with Crippen molar-refractivity contribution in [2.45, 2.75) is 37.8 Å². The Morgan fingerprint density at radius 1 is 1.30 bits per heavy atom. The topological polar surface area (TPSA) is 141 Å². The molecule has 1 saturated heterocycles. The maximum Gasteiger partial charge on any atom is 0.256 e. The van der Waals surface area contributed by atoms with Gasteiger partial charge in [-0.1, -0.05) is 18.2 Å². The van der Waals surface area contributed by atoms with Crippen LogP contribution in [0.1, 0.15) is 23.5 Å². The molecule has 5 atom stereocenters. The van der Waals surface area contributed by atoms with Crippen molar-refractivity contribution >= 4 is 34.5 Å². The largest absolute Gasteiger partial charge is 0.394 e. The summed E-state index contributed by atoms with van der Waals surface area (Å²) in [5.74, 6) is 0.173. The summed E-state index contributed by atoms with van der Waals surface area (Å²) < 4.78 is 18.7. The zero-order valence-electron chi connectivity index (χ0n) is 17.7. The highest BCUT2D eigenvalue weighted by Gasteiger charge is 2.46. The number of aromatic nitrogens is 4. The summed E-state index contributed by atoms with van der Waals surface area (Å²) >= 11 is 5.66. The van der Waals surface area contributed by atoms with Gasteiger partial charge in [-0.15, -0.1) is 11.6 Å². The quantitative estimate of drug-likeness (QED) is 0.307. The molecule has 3 aromatic rings. The number of ether oxygens (including phenoxy) is 3. The van der Waals surface area contributed by atoms with Crippen molar-refractivity contribution in [2.75, 3.05) is 24.4 Å². The number of benzene rings is 1. The number of fused-ring (bicyclic) bond motifs is 1. The number of carbonyl (C=O) groups is 1. The molecule has 1 aromatic carbocycles. The second-order valence-electron chi connectivity index (χ2n) is 7.33. The fourth-order valence-corrected chi connectivity index (χ4v) is 3.70. The van der Waals surface area contributed by atoms with Crippen LogP contribution in [-0.4, -0.2) is 79.3 Å². The molecule has 0 saturated carbocycles. The zero-order chi connectivity index (χ0) is 23.4. The second kappa shape index (κ2) is 10.5. The molecule has 1 aliphatic heterocycles. The standard InChI is InChI=1S/C21H24ClN5O6/c1-12(31-8-7-22)32-17-16(29)14(9-28)33-21(17)27-11-25-15-18(23-10-24-19(15)27)26-20(30)13-5-3-2-4-6-13/h2-6,10-12,14,16-17,21,28-29H,7-9H2,1H3,(H,23,24,26,30)/t12?,14-,16-,17-,21-/m1/s1. The number of hydrogen-bond donors (Lipinski definition) is 3. The summed E-state index contributed by atoms with van der Waals surface area (Å²) in [6, 6.07) is 8.71. The first-order chi connectivity index (χ1) is 16.0. The lowest BCUT2D eigenvalue weighted by atomic mass is 10.1. The summed E-state index contributed by atoms with van der Waals surface area (Å²) in [6.07, 6.45) is -1.70. The Bertz CT molecular complexity index is 1080. The number of nitrogens with zero attached hydrogens (tertiary/aromatic N) is 4. The number of hydrogen-bond acceptors (Lipinski definition) is 9. The summed E-state index contributed by atoms with van der Waals surface area (Å²) in [4.78, 5) is 25.3. The van der Waals surface area contributed by atoms with Gasteiger partial charge in [0.1, 0.15) is 24.6 Å². The van der Waals surface area contributed by atoms with Crippen LogP contribution in [0.2, 0.25) is 0 Å². The Balaban J connectivity index is 1.61. The van der Waals surface area contributed by atoms with Crippen molar-refractivity contribution in [1.29, 1.82) is 0 Å². The van der Waals surface area contributed by atoms with E-state index in [1.54, 1.807) is 35.8 Å². The van der Waals surface area contributed by atoms with Gasteiger partial charge in [-0.05, 0) is 19.1 Å². The molecule has 1 fully saturated rings. The molecule has 1 unspecified atom stereocenters. The fourth-order valence-electron chi connectivity index (χ4n) is 3.61. The van der Waals surface area contributed by atoms with Gasteiger partial charge < -0.3 is 29.7 Å². The molecule has 0 aliphatic carbocycles. The van der Waals surface area contributed by atoms with Gasteiger partial charge in [0, 0.05) is 11.4 Å². The van der Waals surface area contributed by atoms with E-state index >= 15 is 0 Å². The first-order valence-corrected chi connectivity index (χ1v) is 10.9. The predicted octanol–water partition coefficient (Wildman–Crippen LogP) is 1.32. The Labute approximate surface area is 194 Å². The molecule has 0 bridgehead atoms. The van der Waals surface area contributed by atoms with Crippen LogP contribution in [-0.2, 0) is 14.2 Å². The van der Waals surface area contributed by atoms with Crippen LogP contribution in [0.5, 0.6) is 0 Å². The average molecular weight is 478 g/mol. The van der Waals surface area contributed by atoms with Gasteiger partial charge in [-0.25, -0.2) is 15.0 Å². The number of nitrogens with one attached hydrogen (secondary N) is 1. The minimum atomic E-state index is -1.13. The summed E-state index contributed by atoms with van der Waals surface area (Å²) in [5.41, 5.74) is 1.15. The highest BCUT2D eigenvalue weighted by Crippen LogP contribution is 2.35. The van der Waals surface area contributed by atoms with E-state index in [-0.39, 0.29) is 18.3 Å². The third-order valence-electron chi connectivity index (χ3n) is 5.17. The monoisotopic (exact) mass is 477 g/mol. The Morgan fingerprint density at radius 3 is 2.82 bits per heavy atom. The van der Waals surface area contributed by atoms with Crippen LogP contribution in [0, 0.1) is 0 Å². The van der Waals surface area contributed by atoms with Crippen LogP contribution in [0.15, 0.2) is 43.0 Å². The minimum Gasteiger partial charge on any atom is -0.394 e. The van der Waals surface area contributed by atoms with E-state index in [2.05, 4.69) is 20.3 Å². The molecule has 12 heteroatoms. The van der Waals surface area contributed by atoms with E-state index in [1.165, 1.54) is 12.7 Å². The van der Waals surface area contributed by atoms with E-state index in [1.807, 2.05) is 6.07 Å². The maximum atomic E-state index is 12.6. The number of amides is 1. The van der Waals surface area contributed by atoms with E-state index < -0.39 is 37.4 Å². The Morgan fingerprint density at radius 2 is 2.09 bits per heavy atom. The maximum absolute atomic E-state index is 12.6. The lowest BCUT2D eigenvalue weighted by Crippen LogP contribution is -2.38. The number of rotatable bonds is 9. The van der Waals surface area contributed by atoms with Crippen LogP contribution in [0.3, 0.4) is 0 Å². The second-order valence-corrected chi connectivity index (χ2v) is 7.71. The van der Waals surface area contributed by atoms with Crippen LogP contribution < -0.4 is 5.32 Å². The van der Waals surface area contributed by atoms with Crippen LogP contribution >= 0.6 is 11.6 Å². The lowest BCUT2D eigenvalue weighted by molar-refractivity contribution is -0.190. The molecular weight excluding hydrogens is 454 g/mol. The highest BCUT2D eigenvalue weighted by molar-refractivity contribution is 6.17. The molecular formula is C21H24ClN5O6. The number of imidazole rings is 1. The van der Waals surface area contributed by atoms with Gasteiger partial charge >= 0.3 is 0 Å². The van der Waals surface area contributed by atoms with Gasteiger partial charge in [0.2, 0.25) is 0 Å². The van der Waals surface area contributed by atoms with E-state index in [4.69, 9.17) is 25.8 Å². The smallest absolute Gasteiger partial charge is 0.256 e. The molecule has 3 N–H and O–H groups in total. The van der Waals surface area contributed by atoms with E-state index in [0.29, 0.717) is 22.6 Å². The molecule has 0 spiro atoms. The van der Waals surface area contributed by atoms with Gasteiger partial charge in [-0.3, -0.25) is 9.36 Å². The molecule has 0 radical (unpaired) electrons. The molecule has 4 rings (SSSR count). The van der Waals surface area contributed by atoms with Gasteiger partial charge in [0.15, 0.2) is 29.5 Å². The van der Waals surface area contributed by atoms with E-state index in [9.17, 15) is 15.0 Å². The molecule has 3 heterocycles. The molecule has 2 aromatic heterocycles. The van der Waals surface area contributed by atoms with Crippen molar-refractivity contribution in [2.24, 2.45) is 0 Å². The van der Waals surface area contributed by atoms with Crippen molar-refractivity contribution in [3.8, 4) is 0 Å². The first-order valence-electron chi connectivity index (χ1n) is 10.3. The molecule has 33 heavy (non-hydrogen) atoms. The molecule has 1 amide bonds. The third kappa shape index (κ3) is 4.98. The van der Waals surface area contributed by atoms with Gasteiger partial charge in [-0.2, -0.15) is 0 Å². The van der Waals surface area contributed by atoms with Crippen LogP contribution in [0.4, 0.5) is 5.82 Å². The summed E-state index contributed by atoms with van der Waals surface area (Å²) in [7, 11) is 0. The number of carbonyl (C=O) groups excluding carboxylic acids is 1. The molecule has 11 nitrogen and oxygen atoms in total. The number of aliphatic hydroxyl groups excluding tert-OH is 2. The molecule has 176 valence electrons. The Kier molecular flexibility index (Phi) is 7.48.